The largest absolute Gasteiger partial charge is 0.355 e. The maximum Gasteiger partial charge on any atom is 0.343 e. The van der Waals surface area contributed by atoms with Crippen molar-refractivity contribution in [2.24, 2.45) is 7.05 Å². The molecule has 0 unspecified atom stereocenters. The highest BCUT2D eigenvalue weighted by molar-refractivity contribution is 5.95. The summed E-state index contributed by atoms with van der Waals surface area (Å²) in [4.78, 5) is 55.8. The first kappa shape index (κ1) is 30.7. The van der Waals surface area contributed by atoms with Gasteiger partial charge < -0.3 is 20.9 Å². The Bertz CT molecular complexity index is 1630. The molecule has 1 aliphatic heterocycles. The normalized spacial score (nSPS) is 17.5. The molecule has 3 aromatic rings. The van der Waals surface area contributed by atoms with Gasteiger partial charge in [0.25, 0.3) is 11.8 Å². The van der Waals surface area contributed by atoms with E-state index in [-0.39, 0.29) is 36.0 Å². The SMILES string of the molecule is CNC(=O)c1ccc2c(c1)CCc1cc(C(=O)NC)ccc1C2(C[C@@H](C)NCC(=O)N1CCC[C@H]1C#N)c1nn(C)c(=O)[nH]1. The molecule has 2 aromatic carbocycles. The summed E-state index contributed by atoms with van der Waals surface area (Å²) >= 11 is 0. The third-order valence-electron chi connectivity index (χ3n) is 8.88. The average Bonchev–Trinajstić information content (AvgIpc) is 3.63. The lowest BCUT2D eigenvalue weighted by Gasteiger charge is -2.37. The predicted molar refractivity (Wildman–Crippen MR) is 163 cm³/mol. The maximum absolute atomic E-state index is 13.1. The van der Waals surface area contributed by atoms with Crippen LogP contribution < -0.4 is 21.6 Å². The van der Waals surface area contributed by atoms with Gasteiger partial charge in [0, 0.05) is 44.9 Å². The molecule has 0 bridgehead atoms. The summed E-state index contributed by atoms with van der Waals surface area (Å²) in [6, 6.07) is 12.7. The van der Waals surface area contributed by atoms with Crippen LogP contribution in [0.5, 0.6) is 0 Å². The Morgan fingerprint density at radius 3 is 2.16 bits per heavy atom. The minimum absolute atomic E-state index is 0.0547. The molecule has 5 rings (SSSR count). The standard InChI is InChI=1S/C32H38N8O4/c1-19(36-18-27(41)40-13-5-6-24(40)17-33)16-32(30-37-31(44)39(4)38-30)25-11-9-22(28(42)34-2)14-20(25)7-8-21-15-23(29(43)35-3)10-12-26(21)32/h9-12,14-15,19,24,36H,5-8,13,16,18H2,1-4H3,(H,34,42)(H,35,43)(H,37,38,44)/t19-,24+/m1/s1. The van der Waals surface area contributed by atoms with Gasteiger partial charge in [-0.1, -0.05) is 12.1 Å². The average molecular weight is 599 g/mol. The van der Waals surface area contributed by atoms with E-state index < -0.39 is 11.5 Å². The van der Waals surface area contributed by atoms with Crippen LogP contribution in [-0.2, 0) is 30.1 Å². The monoisotopic (exact) mass is 598 g/mol. The molecule has 0 saturated carbocycles. The number of nitriles is 1. The molecule has 0 radical (unpaired) electrons. The van der Waals surface area contributed by atoms with Crippen LogP contribution in [0.3, 0.4) is 0 Å². The number of H-pyrrole nitrogens is 1. The summed E-state index contributed by atoms with van der Waals surface area (Å²) < 4.78 is 1.26. The van der Waals surface area contributed by atoms with Gasteiger partial charge in [0.1, 0.15) is 11.9 Å². The van der Waals surface area contributed by atoms with E-state index in [1.807, 2.05) is 31.2 Å². The van der Waals surface area contributed by atoms with Crippen LogP contribution in [0.25, 0.3) is 0 Å². The molecule has 44 heavy (non-hydrogen) atoms. The van der Waals surface area contributed by atoms with Crippen molar-refractivity contribution in [3.05, 3.63) is 86.1 Å². The molecular weight excluding hydrogens is 560 g/mol. The molecule has 1 aromatic heterocycles. The topological polar surface area (TPSA) is 165 Å². The fraction of sp³-hybridized carbons (Fsp3) is 0.438. The highest BCUT2D eigenvalue weighted by Crippen LogP contribution is 2.47. The molecule has 12 heteroatoms. The molecule has 1 saturated heterocycles. The van der Waals surface area contributed by atoms with Crippen molar-refractivity contribution in [1.29, 1.82) is 5.26 Å². The van der Waals surface area contributed by atoms with Crippen LogP contribution in [-0.4, -0.2) is 76.7 Å². The lowest BCUT2D eigenvalue weighted by molar-refractivity contribution is -0.130. The molecule has 2 atom stereocenters. The zero-order chi connectivity index (χ0) is 31.6. The van der Waals surface area contributed by atoms with E-state index in [2.05, 4.69) is 32.1 Å². The van der Waals surface area contributed by atoms with Gasteiger partial charge in [-0.25, -0.2) is 9.48 Å². The van der Waals surface area contributed by atoms with Crippen LogP contribution in [0.2, 0.25) is 0 Å². The lowest BCUT2D eigenvalue weighted by atomic mass is 9.67. The van der Waals surface area contributed by atoms with Crippen LogP contribution in [0, 0.1) is 11.3 Å². The second-order valence-electron chi connectivity index (χ2n) is 11.6. The van der Waals surface area contributed by atoms with Crippen LogP contribution in [0.4, 0.5) is 0 Å². The molecule has 0 spiro atoms. The third-order valence-corrected chi connectivity index (χ3v) is 8.88. The van der Waals surface area contributed by atoms with E-state index in [1.54, 1.807) is 38.2 Å². The number of aromatic nitrogens is 3. The highest BCUT2D eigenvalue weighted by Gasteiger charge is 2.45. The summed E-state index contributed by atoms with van der Waals surface area (Å²) in [5, 5.41) is 22.9. The van der Waals surface area contributed by atoms with Gasteiger partial charge in [0.15, 0.2) is 0 Å². The van der Waals surface area contributed by atoms with Crippen molar-refractivity contribution in [1.82, 2.24) is 35.6 Å². The Kier molecular flexibility index (Phi) is 8.69. The minimum Gasteiger partial charge on any atom is -0.355 e. The number of rotatable bonds is 8. The maximum atomic E-state index is 13.1. The van der Waals surface area contributed by atoms with E-state index in [4.69, 9.17) is 0 Å². The number of hydrogen-bond acceptors (Lipinski definition) is 7. The molecule has 1 aliphatic carbocycles. The quantitative estimate of drug-likeness (QED) is 0.302. The first-order chi connectivity index (χ1) is 21.1. The first-order valence-corrected chi connectivity index (χ1v) is 14.9. The Morgan fingerprint density at radius 1 is 1.07 bits per heavy atom. The van der Waals surface area contributed by atoms with Crippen molar-refractivity contribution in [3.8, 4) is 6.07 Å². The number of aryl methyl sites for hydroxylation is 3. The summed E-state index contributed by atoms with van der Waals surface area (Å²) in [5.41, 5.74) is 3.28. The Hall–Kier alpha value is -4.76. The number of nitrogens with zero attached hydrogens (tertiary/aromatic N) is 4. The van der Waals surface area contributed by atoms with Gasteiger partial charge in [-0.05, 0) is 85.5 Å². The zero-order valence-electron chi connectivity index (χ0n) is 25.5. The smallest absolute Gasteiger partial charge is 0.343 e. The molecule has 4 N–H and O–H groups in total. The number of fused-ring (bicyclic) bond motifs is 2. The van der Waals surface area contributed by atoms with E-state index >= 15 is 0 Å². The summed E-state index contributed by atoms with van der Waals surface area (Å²) in [7, 11) is 4.76. The van der Waals surface area contributed by atoms with Crippen molar-refractivity contribution in [2.75, 3.05) is 27.2 Å². The van der Waals surface area contributed by atoms with E-state index in [1.165, 1.54) is 4.68 Å². The second kappa shape index (κ2) is 12.5. The summed E-state index contributed by atoms with van der Waals surface area (Å²) in [5.74, 6) is -0.119. The van der Waals surface area contributed by atoms with Crippen LogP contribution in [0.1, 0.15) is 75.0 Å². The van der Waals surface area contributed by atoms with Gasteiger partial charge in [0.05, 0.1) is 18.0 Å². The van der Waals surface area contributed by atoms with Gasteiger partial charge in [-0.2, -0.15) is 10.4 Å². The van der Waals surface area contributed by atoms with Crippen molar-refractivity contribution < 1.29 is 14.4 Å². The molecule has 230 valence electrons. The highest BCUT2D eigenvalue weighted by atomic mass is 16.2. The fourth-order valence-electron chi connectivity index (χ4n) is 6.68. The van der Waals surface area contributed by atoms with Gasteiger partial charge in [-0.3, -0.25) is 19.4 Å². The number of nitrogens with one attached hydrogen (secondary N) is 4. The number of likely N-dealkylation sites (tertiary alicyclic amines) is 1. The number of carbonyl (C=O) groups is 3. The summed E-state index contributed by atoms with van der Waals surface area (Å²) in [6.45, 7) is 2.59. The number of amides is 3. The Labute approximate surface area is 255 Å². The number of hydrogen-bond donors (Lipinski definition) is 4. The van der Waals surface area contributed by atoms with Crippen molar-refractivity contribution in [3.63, 3.8) is 0 Å². The Balaban J connectivity index is 1.65. The molecule has 2 heterocycles. The van der Waals surface area contributed by atoms with Crippen molar-refractivity contribution >= 4 is 17.7 Å². The molecular formula is C32H38N8O4. The lowest BCUT2D eigenvalue weighted by Crippen LogP contribution is -2.45. The van der Waals surface area contributed by atoms with Gasteiger partial charge >= 0.3 is 5.69 Å². The second-order valence-corrected chi connectivity index (χ2v) is 11.6. The third kappa shape index (κ3) is 5.51. The fourth-order valence-corrected chi connectivity index (χ4v) is 6.68. The number of benzene rings is 2. The predicted octanol–water partition coefficient (Wildman–Crippen LogP) is 1.14. The molecule has 1 fully saturated rings. The van der Waals surface area contributed by atoms with Crippen molar-refractivity contribution in [2.45, 2.75) is 56.5 Å². The van der Waals surface area contributed by atoms with E-state index in [0.29, 0.717) is 49.2 Å². The first-order valence-electron chi connectivity index (χ1n) is 14.9. The molecule has 3 amide bonds. The Morgan fingerprint density at radius 2 is 1.66 bits per heavy atom. The molecule has 12 nitrogen and oxygen atoms in total. The molecule has 2 aliphatic rings. The van der Waals surface area contributed by atoms with E-state index in [0.717, 1.165) is 28.7 Å². The number of carbonyl (C=O) groups excluding carboxylic acids is 3. The number of aromatic amines is 1. The van der Waals surface area contributed by atoms with E-state index in [9.17, 15) is 24.4 Å². The van der Waals surface area contributed by atoms with Crippen LogP contribution >= 0.6 is 0 Å². The zero-order valence-corrected chi connectivity index (χ0v) is 25.5. The van der Waals surface area contributed by atoms with Gasteiger partial charge in [0.2, 0.25) is 5.91 Å². The van der Waals surface area contributed by atoms with Crippen LogP contribution in [0.15, 0.2) is 41.2 Å². The summed E-state index contributed by atoms with van der Waals surface area (Å²) in [6.07, 6.45) is 3.06. The van der Waals surface area contributed by atoms with Gasteiger partial charge in [-0.15, -0.1) is 0 Å². The minimum atomic E-state index is -0.998.